The van der Waals surface area contributed by atoms with Crippen LogP contribution in [0.2, 0.25) is 0 Å². The number of likely N-dealkylation sites (N-methyl/N-ethyl adjacent to an activating group) is 1. The van der Waals surface area contributed by atoms with Gasteiger partial charge in [0.2, 0.25) is 0 Å². The summed E-state index contributed by atoms with van der Waals surface area (Å²) in [5.41, 5.74) is 5.91. The molecular weight excluding hydrogens is 138 g/mol. The van der Waals surface area contributed by atoms with Crippen molar-refractivity contribution < 1.29 is 0 Å². The highest BCUT2D eigenvalue weighted by molar-refractivity contribution is 4.91. The van der Waals surface area contributed by atoms with E-state index < -0.39 is 0 Å². The Morgan fingerprint density at radius 3 is 2.45 bits per heavy atom. The normalized spacial score (nSPS) is 33.5. The summed E-state index contributed by atoms with van der Waals surface area (Å²) in [6.07, 6.45) is 0. The van der Waals surface area contributed by atoms with Crippen LogP contribution in [0.15, 0.2) is 0 Å². The summed E-state index contributed by atoms with van der Waals surface area (Å²) in [6.45, 7) is 6.42. The van der Waals surface area contributed by atoms with Crippen molar-refractivity contribution in [3.63, 3.8) is 0 Å². The molecule has 3 N–H and O–H groups in total. The molecular formula is C8H19N3. The van der Waals surface area contributed by atoms with Crippen molar-refractivity contribution >= 4 is 0 Å². The SMILES string of the molecule is CC(C)N[C@H]1CN(C)C[C@H]1N. The van der Waals surface area contributed by atoms with Crippen LogP contribution < -0.4 is 11.1 Å². The van der Waals surface area contributed by atoms with Gasteiger partial charge in [-0.15, -0.1) is 0 Å². The first-order chi connectivity index (χ1) is 5.09. The lowest BCUT2D eigenvalue weighted by molar-refractivity contribution is 0.389. The van der Waals surface area contributed by atoms with E-state index in [2.05, 4.69) is 31.1 Å². The monoisotopic (exact) mass is 157 g/mol. The molecule has 1 rings (SSSR count). The summed E-state index contributed by atoms with van der Waals surface area (Å²) in [5, 5.41) is 3.46. The van der Waals surface area contributed by atoms with Crippen LogP contribution >= 0.6 is 0 Å². The van der Waals surface area contributed by atoms with E-state index in [1.807, 2.05) is 0 Å². The largest absolute Gasteiger partial charge is 0.325 e. The van der Waals surface area contributed by atoms with Gasteiger partial charge in [-0.3, -0.25) is 0 Å². The lowest BCUT2D eigenvalue weighted by atomic mass is 10.1. The third-order valence-corrected chi connectivity index (χ3v) is 2.10. The minimum atomic E-state index is 0.308. The fourth-order valence-corrected chi connectivity index (χ4v) is 1.64. The first kappa shape index (κ1) is 8.97. The molecule has 0 amide bonds. The molecule has 0 aliphatic carbocycles. The van der Waals surface area contributed by atoms with E-state index in [1.165, 1.54) is 0 Å². The fraction of sp³-hybridized carbons (Fsp3) is 1.00. The molecule has 3 heteroatoms. The Balaban J connectivity index is 2.34. The number of nitrogens with one attached hydrogen (secondary N) is 1. The molecule has 0 aromatic rings. The molecule has 11 heavy (non-hydrogen) atoms. The van der Waals surface area contributed by atoms with Gasteiger partial charge in [-0.2, -0.15) is 0 Å². The Hall–Kier alpha value is -0.120. The van der Waals surface area contributed by atoms with Gasteiger partial charge in [0.05, 0.1) is 0 Å². The lowest BCUT2D eigenvalue weighted by Crippen LogP contribution is -2.46. The number of nitrogens with two attached hydrogens (primary N) is 1. The van der Waals surface area contributed by atoms with Crippen LogP contribution in [-0.2, 0) is 0 Å². The Morgan fingerprint density at radius 2 is 2.09 bits per heavy atom. The molecule has 1 saturated heterocycles. The van der Waals surface area contributed by atoms with Gasteiger partial charge in [0.25, 0.3) is 0 Å². The van der Waals surface area contributed by atoms with Crippen molar-refractivity contribution in [2.24, 2.45) is 5.73 Å². The highest BCUT2D eigenvalue weighted by Crippen LogP contribution is 2.05. The molecule has 1 aliphatic heterocycles. The van der Waals surface area contributed by atoms with E-state index >= 15 is 0 Å². The number of likely N-dealkylation sites (tertiary alicyclic amines) is 1. The van der Waals surface area contributed by atoms with Gasteiger partial charge < -0.3 is 16.0 Å². The Bertz CT molecular complexity index is 125. The first-order valence-electron chi connectivity index (χ1n) is 4.29. The van der Waals surface area contributed by atoms with Gasteiger partial charge in [-0.1, -0.05) is 13.8 Å². The Morgan fingerprint density at radius 1 is 1.45 bits per heavy atom. The second-order valence-electron chi connectivity index (χ2n) is 3.81. The summed E-state index contributed by atoms with van der Waals surface area (Å²) in [5.74, 6) is 0. The van der Waals surface area contributed by atoms with Crippen molar-refractivity contribution in [1.29, 1.82) is 0 Å². The summed E-state index contributed by atoms with van der Waals surface area (Å²) in [7, 11) is 2.11. The molecule has 0 aromatic heterocycles. The van der Waals surface area contributed by atoms with Crippen LogP contribution in [0.3, 0.4) is 0 Å². The number of rotatable bonds is 2. The minimum Gasteiger partial charge on any atom is -0.325 e. The molecule has 1 heterocycles. The highest BCUT2D eigenvalue weighted by atomic mass is 15.2. The molecule has 1 fully saturated rings. The minimum absolute atomic E-state index is 0.308. The van der Waals surface area contributed by atoms with Crippen LogP contribution in [0.4, 0.5) is 0 Å². The van der Waals surface area contributed by atoms with Gasteiger partial charge >= 0.3 is 0 Å². The highest BCUT2D eigenvalue weighted by Gasteiger charge is 2.27. The first-order valence-corrected chi connectivity index (χ1v) is 4.29. The summed E-state index contributed by atoms with van der Waals surface area (Å²) < 4.78 is 0. The number of hydrogen-bond donors (Lipinski definition) is 2. The molecule has 0 spiro atoms. The Labute approximate surface area is 68.9 Å². The molecule has 66 valence electrons. The second-order valence-corrected chi connectivity index (χ2v) is 3.81. The maximum atomic E-state index is 5.91. The zero-order chi connectivity index (χ0) is 8.43. The molecule has 0 bridgehead atoms. The van der Waals surface area contributed by atoms with E-state index in [-0.39, 0.29) is 0 Å². The quantitative estimate of drug-likeness (QED) is 0.574. The van der Waals surface area contributed by atoms with Crippen LogP contribution in [0.25, 0.3) is 0 Å². The van der Waals surface area contributed by atoms with Crippen molar-refractivity contribution in [2.45, 2.75) is 32.0 Å². The average molecular weight is 157 g/mol. The number of hydrogen-bond acceptors (Lipinski definition) is 3. The van der Waals surface area contributed by atoms with Crippen molar-refractivity contribution in [1.82, 2.24) is 10.2 Å². The predicted molar refractivity (Wildman–Crippen MR) is 47.5 cm³/mol. The average Bonchev–Trinajstić information content (AvgIpc) is 2.09. The van der Waals surface area contributed by atoms with Crippen molar-refractivity contribution in [3.8, 4) is 0 Å². The topological polar surface area (TPSA) is 41.3 Å². The third-order valence-electron chi connectivity index (χ3n) is 2.10. The fourth-order valence-electron chi connectivity index (χ4n) is 1.64. The maximum absolute atomic E-state index is 5.91. The van der Waals surface area contributed by atoms with E-state index in [0.29, 0.717) is 18.1 Å². The third kappa shape index (κ3) is 2.43. The second kappa shape index (κ2) is 3.52. The molecule has 2 atom stereocenters. The van der Waals surface area contributed by atoms with Crippen LogP contribution in [0, 0.1) is 0 Å². The van der Waals surface area contributed by atoms with Crippen LogP contribution in [-0.4, -0.2) is 43.2 Å². The molecule has 1 aliphatic rings. The smallest absolute Gasteiger partial charge is 0.0361 e. The molecule has 0 radical (unpaired) electrons. The van der Waals surface area contributed by atoms with Gasteiger partial charge in [-0.05, 0) is 7.05 Å². The lowest BCUT2D eigenvalue weighted by Gasteiger charge is -2.18. The van der Waals surface area contributed by atoms with Crippen LogP contribution in [0.5, 0.6) is 0 Å². The molecule has 0 unspecified atom stereocenters. The summed E-state index contributed by atoms with van der Waals surface area (Å²) in [6, 6.07) is 1.33. The Kier molecular flexibility index (Phi) is 2.87. The van der Waals surface area contributed by atoms with Gasteiger partial charge in [-0.25, -0.2) is 0 Å². The zero-order valence-electron chi connectivity index (χ0n) is 7.67. The maximum Gasteiger partial charge on any atom is 0.0361 e. The van der Waals surface area contributed by atoms with Crippen molar-refractivity contribution in [3.05, 3.63) is 0 Å². The summed E-state index contributed by atoms with van der Waals surface area (Å²) >= 11 is 0. The van der Waals surface area contributed by atoms with E-state index in [9.17, 15) is 0 Å². The molecule has 3 nitrogen and oxygen atoms in total. The summed E-state index contributed by atoms with van der Waals surface area (Å²) in [4.78, 5) is 2.27. The van der Waals surface area contributed by atoms with Crippen molar-refractivity contribution in [2.75, 3.05) is 20.1 Å². The van der Waals surface area contributed by atoms with Crippen LogP contribution in [0.1, 0.15) is 13.8 Å². The van der Waals surface area contributed by atoms with E-state index in [0.717, 1.165) is 13.1 Å². The van der Waals surface area contributed by atoms with Gasteiger partial charge in [0.15, 0.2) is 0 Å². The number of nitrogens with zero attached hydrogens (tertiary/aromatic N) is 1. The molecule has 0 saturated carbocycles. The van der Waals surface area contributed by atoms with Gasteiger partial charge in [0, 0.05) is 31.2 Å². The standard InChI is InChI=1S/C8H19N3/c1-6(2)10-8-5-11(3)4-7(8)9/h6-8,10H,4-5,9H2,1-3H3/t7-,8+/m1/s1. The van der Waals surface area contributed by atoms with Gasteiger partial charge in [0.1, 0.15) is 0 Å². The predicted octanol–water partition coefficient (Wildman–Crippen LogP) is -0.374. The van der Waals surface area contributed by atoms with E-state index in [4.69, 9.17) is 5.73 Å². The van der Waals surface area contributed by atoms with E-state index in [1.54, 1.807) is 0 Å². The zero-order valence-corrected chi connectivity index (χ0v) is 7.67. The molecule has 0 aromatic carbocycles.